The maximum absolute atomic E-state index is 15.6. The normalized spacial score (nSPS) is 21.3. The molecule has 5 rings (SSSR count). The standard InChI is InChI=1S/C33H35FN6O4/c1-5-32(21-36-39-35)22(2)29(34)30(44-32)40-20-19-28(37-31(40)41)38-33(23-9-7-6-8-10-23,24-11-15-26(42-3)16-12-24)25-13-17-27(43-4)18-14-25/h6-20,22,29-30H,5,21H2,1-4H3,(H,37,38,41)/t22-,29+,30+,32-/m0/s1. The number of rotatable bonds is 11. The first-order valence-electron chi connectivity index (χ1n) is 14.4. The third kappa shape index (κ3) is 5.47. The number of nitrogens with zero attached hydrogens (tertiary/aromatic N) is 5. The molecule has 1 saturated heterocycles. The fourth-order valence-corrected chi connectivity index (χ4v) is 5.96. The lowest BCUT2D eigenvalue weighted by molar-refractivity contribution is -0.0860. The summed E-state index contributed by atoms with van der Waals surface area (Å²) in [7, 11) is 3.22. The van der Waals surface area contributed by atoms with Crippen LogP contribution in [0.4, 0.5) is 10.2 Å². The fraction of sp³-hybridized carbons (Fsp3) is 0.333. The maximum Gasteiger partial charge on any atom is 0.351 e. The molecule has 4 atom stereocenters. The number of hydrogen-bond donors (Lipinski definition) is 1. The molecule has 2 heterocycles. The zero-order chi connectivity index (χ0) is 31.3. The van der Waals surface area contributed by atoms with Crippen molar-refractivity contribution in [1.29, 1.82) is 0 Å². The van der Waals surface area contributed by atoms with Crippen molar-refractivity contribution >= 4 is 5.82 Å². The van der Waals surface area contributed by atoms with E-state index in [1.807, 2.05) is 85.8 Å². The largest absolute Gasteiger partial charge is 0.497 e. The Morgan fingerprint density at radius 1 is 1.00 bits per heavy atom. The molecule has 0 saturated carbocycles. The van der Waals surface area contributed by atoms with Gasteiger partial charge in [0.1, 0.15) is 22.9 Å². The van der Waals surface area contributed by atoms with Crippen LogP contribution < -0.4 is 20.5 Å². The summed E-state index contributed by atoms with van der Waals surface area (Å²) in [6, 6.07) is 26.8. The number of aromatic nitrogens is 2. The van der Waals surface area contributed by atoms with Gasteiger partial charge in [-0.25, -0.2) is 9.18 Å². The van der Waals surface area contributed by atoms with Gasteiger partial charge in [-0.2, -0.15) is 4.98 Å². The first-order valence-corrected chi connectivity index (χ1v) is 14.4. The van der Waals surface area contributed by atoms with Crippen LogP contribution in [0.1, 0.15) is 43.2 Å². The predicted molar refractivity (Wildman–Crippen MR) is 166 cm³/mol. The number of methoxy groups -OCH3 is 2. The van der Waals surface area contributed by atoms with Crippen molar-refractivity contribution in [3.8, 4) is 11.5 Å². The van der Waals surface area contributed by atoms with E-state index in [-0.39, 0.29) is 12.4 Å². The lowest BCUT2D eigenvalue weighted by Crippen LogP contribution is -2.40. The topological polar surface area (TPSA) is 123 Å². The lowest BCUT2D eigenvalue weighted by Gasteiger charge is -2.37. The van der Waals surface area contributed by atoms with Gasteiger partial charge in [0.05, 0.1) is 26.4 Å². The van der Waals surface area contributed by atoms with Crippen molar-refractivity contribution < 1.29 is 18.6 Å². The van der Waals surface area contributed by atoms with Crippen LogP contribution in [-0.2, 0) is 10.3 Å². The van der Waals surface area contributed by atoms with Gasteiger partial charge in [-0.15, -0.1) is 0 Å². The highest BCUT2D eigenvalue weighted by Gasteiger charge is 2.53. The average molecular weight is 599 g/mol. The van der Waals surface area contributed by atoms with E-state index in [4.69, 9.17) is 19.7 Å². The van der Waals surface area contributed by atoms with Gasteiger partial charge >= 0.3 is 5.69 Å². The summed E-state index contributed by atoms with van der Waals surface area (Å²) in [6.07, 6.45) is -0.826. The highest BCUT2D eigenvalue weighted by molar-refractivity contribution is 5.59. The molecule has 44 heavy (non-hydrogen) atoms. The zero-order valence-corrected chi connectivity index (χ0v) is 25.1. The number of nitrogens with one attached hydrogen (secondary N) is 1. The Bertz CT molecular complexity index is 1630. The molecular formula is C33H35FN6O4. The van der Waals surface area contributed by atoms with E-state index in [0.717, 1.165) is 21.3 Å². The molecule has 0 radical (unpaired) electrons. The van der Waals surface area contributed by atoms with E-state index in [0.29, 0.717) is 17.9 Å². The van der Waals surface area contributed by atoms with E-state index < -0.39 is 35.1 Å². The van der Waals surface area contributed by atoms with Gasteiger partial charge in [-0.1, -0.05) is 73.6 Å². The first-order chi connectivity index (χ1) is 21.3. The number of halogens is 1. The Kier molecular flexibility index (Phi) is 8.89. The summed E-state index contributed by atoms with van der Waals surface area (Å²) in [5.74, 6) is 1.06. The minimum atomic E-state index is -1.51. The lowest BCUT2D eigenvalue weighted by atomic mass is 9.77. The van der Waals surface area contributed by atoms with Gasteiger partial charge in [-0.3, -0.25) is 4.57 Å². The van der Waals surface area contributed by atoms with E-state index in [1.165, 1.54) is 6.20 Å². The van der Waals surface area contributed by atoms with Gasteiger partial charge in [0, 0.05) is 17.0 Å². The van der Waals surface area contributed by atoms with Crippen LogP contribution in [0.25, 0.3) is 10.4 Å². The molecule has 3 aromatic carbocycles. The Balaban J connectivity index is 1.61. The third-order valence-electron chi connectivity index (χ3n) is 8.61. The summed E-state index contributed by atoms with van der Waals surface area (Å²) < 4.78 is 33.8. The molecule has 1 fully saturated rings. The molecule has 0 bridgehead atoms. The van der Waals surface area contributed by atoms with Crippen molar-refractivity contribution in [3.63, 3.8) is 0 Å². The molecule has 10 nitrogen and oxygen atoms in total. The maximum atomic E-state index is 15.6. The summed E-state index contributed by atoms with van der Waals surface area (Å²) in [5.41, 5.74) is 8.77. The predicted octanol–water partition coefficient (Wildman–Crippen LogP) is 6.63. The minimum absolute atomic E-state index is 0.0385. The van der Waals surface area contributed by atoms with Crippen LogP contribution in [0.5, 0.6) is 11.5 Å². The van der Waals surface area contributed by atoms with Crippen LogP contribution in [0, 0.1) is 5.92 Å². The van der Waals surface area contributed by atoms with Crippen LogP contribution >= 0.6 is 0 Å². The quantitative estimate of drug-likeness (QED) is 0.0895. The zero-order valence-electron chi connectivity index (χ0n) is 25.1. The third-order valence-corrected chi connectivity index (χ3v) is 8.61. The molecule has 1 aliphatic rings. The molecular weight excluding hydrogens is 563 g/mol. The van der Waals surface area contributed by atoms with Gasteiger partial charge < -0.3 is 19.5 Å². The van der Waals surface area contributed by atoms with Gasteiger partial charge in [0.2, 0.25) is 0 Å². The second kappa shape index (κ2) is 12.8. The number of alkyl halides is 1. The number of azide groups is 1. The number of hydrogen-bond acceptors (Lipinski definition) is 7. The van der Waals surface area contributed by atoms with Crippen molar-refractivity contribution in [3.05, 3.63) is 129 Å². The van der Waals surface area contributed by atoms with Crippen molar-refractivity contribution in [2.45, 2.75) is 43.8 Å². The molecule has 0 spiro atoms. The van der Waals surface area contributed by atoms with Crippen LogP contribution in [-0.4, -0.2) is 42.1 Å². The van der Waals surface area contributed by atoms with E-state index in [9.17, 15) is 4.79 Å². The monoisotopic (exact) mass is 598 g/mol. The Morgan fingerprint density at radius 2 is 1.57 bits per heavy atom. The summed E-state index contributed by atoms with van der Waals surface area (Å²) in [6.45, 7) is 3.50. The fourth-order valence-electron chi connectivity index (χ4n) is 5.96. The molecule has 1 N–H and O–H groups in total. The first kappa shape index (κ1) is 30.6. The Morgan fingerprint density at radius 3 is 2.07 bits per heavy atom. The summed E-state index contributed by atoms with van der Waals surface area (Å²) in [5, 5.41) is 7.21. The van der Waals surface area contributed by atoms with Crippen LogP contribution in [0.15, 0.2) is 101 Å². The van der Waals surface area contributed by atoms with E-state index in [1.54, 1.807) is 27.2 Å². The molecule has 1 aliphatic heterocycles. The minimum Gasteiger partial charge on any atom is -0.497 e. The molecule has 0 unspecified atom stereocenters. The Labute approximate surface area is 255 Å². The van der Waals surface area contributed by atoms with Gasteiger partial charge in [0.25, 0.3) is 0 Å². The van der Waals surface area contributed by atoms with Crippen LogP contribution in [0.3, 0.4) is 0 Å². The van der Waals surface area contributed by atoms with Gasteiger partial charge in [0.15, 0.2) is 12.4 Å². The van der Waals surface area contributed by atoms with E-state index in [2.05, 4.69) is 20.3 Å². The molecule has 11 heteroatoms. The van der Waals surface area contributed by atoms with Crippen molar-refractivity contribution in [2.75, 3.05) is 26.1 Å². The average Bonchev–Trinajstić information content (AvgIpc) is 3.32. The molecule has 0 aliphatic carbocycles. The SMILES string of the molecule is CC[C@@]1(CN=[N+]=[N-])O[C@@H](n2ccc(NC(c3ccccc3)(c3ccc(OC)cc3)c3ccc(OC)cc3)nc2=O)[C@H](F)[C@@H]1C. The molecule has 4 aromatic rings. The van der Waals surface area contributed by atoms with Gasteiger partial charge in [-0.05, 0) is 59.0 Å². The smallest absolute Gasteiger partial charge is 0.351 e. The van der Waals surface area contributed by atoms with Crippen molar-refractivity contribution in [2.24, 2.45) is 11.0 Å². The molecule has 0 amide bonds. The Hall–Kier alpha value is -4.86. The number of benzene rings is 3. The second-order valence-electron chi connectivity index (χ2n) is 10.7. The summed E-state index contributed by atoms with van der Waals surface area (Å²) >= 11 is 0. The summed E-state index contributed by atoms with van der Waals surface area (Å²) in [4.78, 5) is 20.7. The molecule has 1 aromatic heterocycles. The van der Waals surface area contributed by atoms with E-state index >= 15 is 4.39 Å². The number of ether oxygens (including phenoxy) is 3. The second-order valence-corrected chi connectivity index (χ2v) is 10.7. The highest BCUT2D eigenvalue weighted by Crippen LogP contribution is 2.45. The number of anilines is 1. The molecule has 228 valence electrons. The van der Waals surface area contributed by atoms with Crippen LogP contribution in [0.2, 0.25) is 0 Å². The van der Waals surface area contributed by atoms with Crippen molar-refractivity contribution in [1.82, 2.24) is 9.55 Å². The highest BCUT2D eigenvalue weighted by atomic mass is 19.1.